The molecule has 0 aliphatic rings. The first-order valence-electron chi connectivity index (χ1n) is 6.38. The SMILES string of the molecule is CC(C)NC(=O)c1ccn(COc2ccc(F)cc2F)n1. The molecule has 112 valence electrons. The second-order valence-electron chi connectivity index (χ2n) is 4.72. The van der Waals surface area contributed by atoms with Gasteiger partial charge in [0, 0.05) is 18.3 Å². The van der Waals surface area contributed by atoms with Crippen molar-refractivity contribution in [2.75, 3.05) is 0 Å². The van der Waals surface area contributed by atoms with Gasteiger partial charge in [0.2, 0.25) is 0 Å². The fraction of sp³-hybridized carbons (Fsp3) is 0.286. The first-order chi connectivity index (χ1) is 9.95. The van der Waals surface area contributed by atoms with Crippen molar-refractivity contribution < 1.29 is 18.3 Å². The van der Waals surface area contributed by atoms with Crippen molar-refractivity contribution in [2.45, 2.75) is 26.6 Å². The Balaban J connectivity index is 1.98. The molecule has 1 amide bonds. The first kappa shape index (κ1) is 15.0. The Bertz CT molecular complexity index is 641. The number of carbonyl (C=O) groups excluding carboxylic acids is 1. The third-order valence-corrected chi connectivity index (χ3v) is 2.54. The summed E-state index contributed by atoms with van der Waals surface area (Å²) >= 11 is 0. The number of amides is 1. The van der Waals surface area contributed by atoms with Crippen molar-refractivity contribution >= 4 is 5.91 Å². The highest BCUT2D eigenvalue weighted by Crippen LogP contribution is 2.17. The summed E-state index contributed by atoms with van der Waals surface area (Å²) in [6.07, 6.45) is 1.54. The van der Waals surface area contributed by atoms with Crippen LogP contribution in [-0.4, -0.2) is 21.7 Å². The molecule has 1 aromatic carbocycles. The van der Waals surface area contributed by atoms with E-state index in [0.717, 1.165) is 12.1 Å². The average Bonchev–Trinajstić information content (AvgIpc) is 2.86. The summed E-state index contributed by atoms with van der Waals surface area (Å²) in [6, 6.07) is 4.57. The lowest BCUT2D eigenvalue weighted by Gasteiger charge is -2.07. The van der Waals surface area contributed by atoms with Gasteiger partial charge in [-0.15, -0.1) is 0 Å². The van der Waals surface area contributed by atoms with E-state index in [2.05, 4.69) is 10.4 Å². The Morgan fingerprint density at radius 3 is 2.81 bits per heavy atom. The molecular weight excluding hydrogens is 280 g/mol. The standard InChI is InChI=1S/C14H15F2N3O2/c1-9(2)17-14(20)12-5-6-19(18-12)8-21-13-4-3-10(15)7-11(13)16/h3-7,9H,8H2,1-2H3,(H,17,20). The quantitative estimate of drug-likeness (QED) is 0.921. The van der Waals surface area contributed by atoms with Gasteiger partial charge in [-0.1, -0.05) is 0 Å². The van der Waals surface area contributed by atoms with Crippen LogP contribution >= 0.6 is 0 Å². The van der Waals surface area contributed by atoms with Crippen LogP contribution in [0.2, 0.25) is 0 Å². The highest BCUT2D eigenvalue weighted by molar-refractivity contribution is 5.92. The van der Waals surface area contributed by atoms with Gasteiger partial charge in [-0.05, 0) is 32.0 Å². The molecule has 5 nitrogen and oxygen atoms in total. The van der Waals surface area contributed by atoms with E-state index in [0.29, 0.717) is 0 Å². The fourth-order valence-electron chi connectivity index (χ4n) is 1.62. The van der Waals surface area contributed by atoms with Gasteiger partial charge >= 0.3 is 0 Å². The molecule has 1 heterocycles. The molecule has 0 saturated heterocycles. The van der Waals surface area contributed by atoms with E-state index >= 15 is 0 Å². The maximum Gasteiger partial charge on any atom is 0.271 e. The van der Waals surface area contributed by atoms with Gasteiger partial charge in [-0.25, -0.2) is 13.5 Å². The molecule has 2 aromatic rings. The van der Waals surface area contributed by atoms with Gasteiger partial charge in [-0.2, -0.15) is 5.10 Å². The van der Waals surface area contributed by atoms with E-state index in [-0.39, 0.29) is 30.1 Å². The van der Waals surface area contributed by atoms with Crippen molar-refractivity contribution in [2.24, 2.45) is 0 Å². The van der Waals surface area contributed by atoms with Crippen molar-refractivity contribution in [3.63, 3.8) is 0 Å². The molecule has 0 radical (unpaired) electrons. The smallest absolute Gasteiger partial charge is 0.271 e. The molecule has 0 saturated carbocycles. The van der Waals surface area contributed by atoms with Crippen LogP contribution in [0.1, 0.15) is 24.3 Å². The minimum absolute atomic E-state index is 0.00668. The maximum absolute atomic E-state index is 13.4. The van der Waals surface area contributed by atoms with Gasteiger partial charge in [0.1, 0.15) is 11.5 Å². The van der Waals surface area contributed by atoms with Crippen molar-refractivity contribution in [3.05, 3.63) is 47.8 Å². The Kier molecular flexibility index (Phi) is 4.52. The van der Waals surface area contributed by atoms with Crippen LogP contribution in [0.4, 0.5) is 8.78 Å². The van der Waals surface area contributed by atoms with Gasteiger partial charge in [0.05, 0.1) is 0 Å². The zero-order valence-electron chi connectivity index (χ0n) is 11.6. The Morgan fingerprint density at radius 2 is 2.14 bits per heavy atom. The van der Waals surface area contributed by atoms with Crippen LogP contribution in [0.25, 0.3) is 0 Å². The first-order valence-corrected chi connectivity index (χ1v) is 6.38. The van der Waals surface area contributed by atoms with E-state index in [1.54, 1.807) is 0 Å². The lowest BCUT2D eigenvalue weighted by atomic mass is 10.3. The summed E-state index contributed by atoms with van der Waals surface area (Å²) in [5.41, 5.74) is 0.242. The largest absolute Gasteiger partial charge is 0.468 e. The summed E-state index contributed by atoms with van der Waals surface area (Å²) in [7, 11) is 0. The summed E-state index contributed by atoms with van der Waals surface area (Å²) in [5, 5.41) is 6.71. The second-order valence-corrected chi connectivity index (χ2v) is 4.72. The number of nitrogens with zero attached hydrogens (tertiary/aromatic N) is 2. The molecule has 1 N–H and O–H groups in total. The monoisotopic (exact) mass is 295 g/mol. The Hall–Kier alpha value is -2.44. The number of hydrogen-bond acceptors (Lipinski definition) is 3. The number of halogens is 2. The van der Waals surface area contributed by atoms with Crippen LogP contribution in [0.5, 0.6) is 5.75 Å². The summed E-state index contributed by atoms with van der Waals surface area (Å²) in [5.74, 6) is -1.84. The van der Waals surface area contributed by atoms with Gasteiger partial charge in [0.15, 0.2) is 18.3 Å². The molecule has 0 aliphatic heterocycles. The van der Waals surface area contributed by atoms with E-state index < -0.39 is 11.6 Å². The van der Waals surface area contributed by atoms with Crippen LogP contribution in [0.15, 0.2) is 30.5 Å². The average molecular weight is 295 g/mol. The molecule has 0 unspecified atom stereocenters. The molecule has 0 bridgehead atoms. The van der Waals surface area contributed by atoms with E-state index in [9.17, 15) is 13.6 Å². The number of benzene rings is 1. The zero-order valence-corrected chi connectivity index (χ0v) is 11.6. The van der Waals surface area contributed by atoms with E-state index in [1.807, 2.05) is 13.8 Å². The van der Waals surface area contributed by atoms with Crippen LogP contribution in [0.3, 0.4) is 0 Å². The Morgan fingerprint density at radius 1 is 1.38 bits per heavy atom. The van der Waals surface area contributed by atoms with Gasteiger partial charge < -0.3 is 10.1 Å². The molecule has 0 atom stereocenters. The lowest BCUT2D eigenvalue weighted by molar-refractivity contribution is 0.0936. The van der Waals surface area contributed by atoms with Crippen molar-refractivity contribution in [3.8, 4) is 5.75 Å². The van der Waals surface area contributed by atoms with Crippen LogP contribution < -0.4 is 10.1 Å². The summed E-state index contributed by atoms with van der Waals surface area (Å²) in [6.45, 7) is 3.60. The zero-order chi connectivity index (χ0) is 15.4. The normalized spacial score (nSPS) is 10.7. The van der Waals surface area contributed by atoms with Crippen LogP contribution in [0, 0.1) is 11.6 Å². The molecule has 0 fully saturated rings. The topological polar surface area (TPSA) is 56.2 Å². The highest BCUT2D eigenvalue weighted by atomic mass is 19.1. The third-order valence-electron chi connectivity index (χ3n) is 2.54. The van der Waals surface area contributed by atoms with Crippen LogP contribution in [-0.2, 0) is 6.73 Å². The molecular formula is C14H15F2N3O2. The molecule has 2 rings (SSSR count). The van der Waals surface area contributed by atoms with Crippen molar-refractivity contribution in [1.29, 1.82) is 0 Å². The predicted molar refractivity (Wildman–Crippen MR) is 71.8 cm³/mol. The summed E-state index contributed by atoms with van der Waals surface area (Å²) in [4.78, 5) is 11.7. The van der Waals surface area contributed by atoms with E-state index in [1.165, 1.54) is 23.0 Å². The third kappa shape index (κ3) is 4.01. The van der Waals surface area contributed by atoms with Gasteiger partial charge in [0.25, 0.3) is 5.91 Å². The summed E-state index contributed by atoms with van der Waals surface area (Å²) < 4.78 is 32.6. The number of ether oxygens (including phenoxy) is 1. The predicted octanol–water partition coefficient (Wildman–Crippen LogP) is 2.34. The number of nitrogens with one attached hydrogen (secondary N) is 1. The maximum atomic E-state index is 13.4. The minimum atomic E-state index is -0.792. The number of rotatable bonds is 5. The minimum Gasteiger partial charge on any atom is -0.468 e. The molecule has 7 heteroatoms. The molecule has 21 heavy (non-hydrogen) atoms. The van der Waals surface area contributed by atoms with Crippen molar-refractivity contribution in [1.82, 2.24) is 15.1 Å². The number of hydrogen-bond donors (Lipinski definition) is 1. The second kappa shape index (κ2) is 6.34. The lowest BCUT2D eigenvalue weighted by Crippen LogP contribution is -2.30. The molecule has 0 aliphatic carbocycles. The number of aromatic nitrogens is 2. The molecule has 0 spiro atoms. The van der Waals surface area contributed by atoms with Gasteiger partial charge in [-0.3, -0.25) is 4.79 Å². The molecule has 1 aromatic heterocycles. The number of carbonyl (C=O) groups is 1. The van der Waals surface area contributed by atoms with E-state index in [4.69, 9.17) is 4.74 Å². The highest BCUT2D eigenvalue weighted by Gasteiger charge is 2.11. The Labute approximate surface area is 120 Å². The fourth-order valence-corrected chi connectivity index (χ4v) is 1.62.